The Morgan fingerprint density at radius 2 is 1.32 bits per heavy atom. The number of piperidine rings is 1. The zero-order valence-corrected chi connectivity index (χ0v) is 29.7. The third-order valence-electron chi connectivity index (χ3n) is 10.0. The monoisotopic (exact) mass is 701 g/mol. The van der Waals surface area contributed by atoms with Crippen molar-refractivity contribution in [2.75, 3.05) is 18.8 Å². The molecule has 6 aromatic rings. The molecule has 0 bridgehead atoms. The van der Waals surface area contributed by atoms with Crippen molar-refractivity contribution in [2.45, 2.75) is 49.0 Å². The summed E-state index contributed by atoms with van der Waals surface area (Å²) in [5, 5.41) is 2.27. The fraction of sp³-hybridized carbons (Fsp3) is 0.238. The van der Waals surface area contributed by atoms with Gasteiger partial charge in [-0.1, -0.05) is 122 Å². The number of sulfone groups is 1. The molecule has 8 heteroatoms. The minimum Gasteiger partial charge on any atom is -0.343 e. The summed E-state index contributed by atoms with van der Waals surface area (Å²) in [6, 6.07) is 42.2. The first-order valence-electron chi connectivity index (χ1n) is 17.2. The van der Waals surface area contributed by atoms with E-state index in [1.54, 1.807) is 30.3 Å². The maximum Gasteiger partial charge on any atom is 0.223 e. The van der Waals surface area contributed by atoms with Crippen LogP contribution in [0.1, 0.15) is 60.3 Å². The number of fused-ring (bicyclic) bond motifs is 1. The number of hydrogen-bond donors (Lipinski definition) is 0. The van der Waals surface area contributed by atoms with E-state index in [1.807, 2.05) is 11.0 Å². The van der Waals surface area contributed by atoms with E-state index in [4.69, 9.17) is 16.6 Å². The normalized spacial score (nSPS) is 14.2. The number of likely N-dealkylation sites (tertiary alicyclic amines) is 1. The second-order valence-electron chi connectivity index (χ2n) is 13.0. The van der Waals surface area contributed by atoms with E-state index in [1.165, 1.54) is 0 Å². The van der Waals surface area contributed by atoms with Crippen LogP contribution in [0, 0.1) is 0 Å². The van der Waals surface area contributed by atoms with Crippen LogP contribution in [0.3, 0.4) is 0 Å². The van der Waals surface area contributed by atoms with Gasteiger partial charge >= 0.3 is 0 Å². The van der Waals surface area contributed by atoms with Gasteiger partial charge in [0, 0.05) is 43.1 Å². The summed E-state index contributed by atoms with van der Waals surface area (Å²) in [5.74, 6) is 0.823. The Labute approximate surface area is 299 Å². The van der Waals surface area contributed by atoms with Gasteiger partial charge in [-0.2, -0.15) is 0 Å². The van der Waals surface area contributed by atoms with Crippen molar-refractivity contribution in [1.29, 1.82) is 0 Å². The van der Waals surface area contributed by atoms with Gasteiger partial charge in [0.2, 0.25) is 5.91 Å². The van der Waals surface area contributed by atoms with Gasteiger partial charge in [0.05, 0.1) is 16.3 Å². The molecule has 254 valence electrons. The predicted molar refractivity (Wildman–Crippen MR) is 200 cm³/mol. The number of hydrogen-bond acceptors (Lipinski definition) is 4. The fourth-order valence-electron chi connectivity index (χ4n) is 7.44. The number of benzene rings is 5. The fourth-order valence-corrected chi connectivity index (χ4v) is 8.88. The summed E-state index contributed by atoms with van der Waals surface area (Å²) in [6.45, 7) is 3.28. The van der Waals surface area contributed by atoms with E-state index in [-0.39, 0.29) is 28.9 Å². The maximum atomic E-state index is 13.3. The highest BCUT2D eigenvalue weighted by atomic mass is 35.5. The smallest absolute Gasteiger partial charge is 0.223 e. The number of imidazole rings is 1. The minimum absolute atomic E-state index is 0.0476. The van der Waals surface area contributed by atoms with Crippen LogP contribution in [0.5, 0.6) is 0 Å². The molecular weight excluding hydrogens is 662 g/mol. The summed E-state index contributed by atoms with van der Waals surface area (Å²) in [7, 11) is -3.63. The molecule has 6 nitrogen and oxygen atoms in total. The van der Waals surface area contributed by atoms with Crippen LogP contribution in [0.2, 0.25) is 5.02 Å². The summed E-state index contributed by atoms with van der Waals surface area (Å²) in [6.07, 6.45) is 4.47. The largest absolute Gasteiger partial charge is 0.343 e. The summed E-state index contributed by atoms with van der Waals surface area (Å²) in [4.78, 5) is 20.6. The van der Waals surface area contributed by atoms with E-state index >= 15 is 0 Å². The Bertz CT molecular complexity index is 2120. The standard InChI is InChI=1S/C42H40ClN3O3S/c1-2-40-44-39(30-46(40)42(34-12-6-3-7-13-34,35-14-8-4-9-15-35)36-16-10-5-11-17-36)31-22-25-45(26-23-31)41(47)24-27-50(48,49)38-21-19-32-28-37(43)20-18-33(32)29-38/h3-21,28-31H,2,22-27H2,1H3. The summed E-state index contributed by atoms with van der Waals surface area (Å²) >= 11 is 6.09. The van der Waals surface area contributed by atoms with Crippen molar-refractivity contribution in [3.05, 3.63) is 167 Å². The van der Waals surface area contributed by atoms with E-state index in [9.17, 15) is 13.2 Å². The van der Waals surface area contributed by atoms with Crippen LogP contribution >= 0.6 is 11.6 Å². The van der Waals surface area contributed by atoms with Crippen molar-refractivity contribution in [3.63, 3.8) is 0 Å². The van der Waals surface area contributed by atoms with Gasteiger partial charge < -0.3 is 9.47 Å². The predicted octanol–water partition coefficient (Wildman–Crippen LogP) is 8.66. The van der Waals surface area contributed by atoms with Crippen LogP contribution < -0.4 is 0 Å². The minimum atomic E-state index is -3.63. The molecule has 1 aliphatic rings. The Kier molecular flexibility index (Phi) is 9.63. The summed E-state index contributed by atoms with van der Waals surface area (Å²) in [5.41, 5.74) is 3.85. The molecule has 1 saturated heterocycles. The van der Waals surface area contributed by atoms with E-state index in [0.29, 0.717) is 18.1 Å². The first-order chi connectivity index (χ1) is 24.3. The van der Waals surface area contributed by atoms with E-state index in [0.717, 1.165) is 58.2 Å². The van der Waals surface area contributed by atoms with Crippen LogP contribution in [0.4, 0.5) is 0 Å². The number of rotatable bonds is 10. The van der Waals surface area contributed by atoms with Crippen molar-refractivity contribution in [1.82, 2.24) is 14.5 Å². The third-order valence-corrected chi connectivity index (χ3v) is 12.0. The molecule has 0 unspecified atom stereocenters. The molecule has 0 radical (unpaired) electrons. The van der Waals surface area contributed by atoms with Gasteiger partial charge in [-0.05, 0) is 64.6 Å². The number of halogens is 1. The van der Waals surface area contributed by atoms with Crippen molar-refractivity contribution in [2.24, 2.45) is 0 Å². The molecule has 0 aliphatic carbocycles. The first kappa shape index (κ1) is 33.8. The molecule has 50 heavy (non-hydrogen) atoms. The molecule has 1 aliphatic heterocycles. The zero-order chi connectivity index (χ0) is 34.7. The molecule has 1 amide bonds. The van der Waals surface area contributed by atoms with Crippen LogP contribution in [0.25, 0.3) is 10.8 Å². The lowest BCUT2D eigenvalue weighted by Gasteiger charge is -2.38. The highest BCUT2D eigenvalue weighted by Gasteiger charge is 2.40. The lowest BCUT2D eigenvalue weighted by atomic mass is 9.76. The topological polar surface area (TPSA) is 72.3 Å². The Balaban J connectivity index is 1.11. The van der Waals surface area contributed by atoms with Gasteiger partial charge in [-0.15, -0.1) is 0 Å². The molecule has 1 fully saturated rings. The first-order valence-corrected chi connectivity index (χ1v) is 19.3. The second kappa shape index (κ2) is 14.3. The Morgan fingerprint density at radius 1 is 0.780 bits per heavy atom. The Hall–Kier alpha value is -4.72. The van der Waals surface area contributed by atoms with Crippen LogP contribution in [-0.4, -0.2) is 47.6 Å². The van der Waals surface area contributed by atoms with Crippen LogP contribution in [-0.2, 0) is 26.6 Å². The lowest BCUT2D eigenvalue weighted by molar-refractivity contribution is -0.131. The molecule has 0 spiro atoms. The average molecular weight is 702 g/mol. The molecule has 5 aromatic carbocycles. The number of carbonyl (C=O) groups excluding carboxylic acids is 1. The molecule has 2 heterocycles. The number of nitrogens with zero attached hydrogens (tertiary/aromatic N) is 3. The van der Waals surface area contributed by atoms with Crippen molar-refractivity contribution >= 4 is 38.1 Å². The van der Waals surface area contributed by atoms with E-state index < -0.39 is 15.4 Å². The van der Waals surface area contributed by atoms with Gasteiger partial charge in [0.25, 0.3) is 0 Å². The molecule has 0 saturated carbocycles. The third kappa shape index (κ3) is 6.48. The van der Waals surface area contributed by atoms with Crippen molar-refractivity contribution < 1.29 is 13.2 Å². The highest BCUT2D eigenvalue weighted by molar-refractivity contribution is 7.91. The average Bonchev–Trinajstić information content (AvgIpc) is 3.60. The van der Waals surface area contributed by atoms with Gasteiger partial charge in [0.15, 0.2) is 9.84 Å². The quantitative estimate of drug-likeness (QED) is 0.134. The Morgan fingerprint density at radius 3 is 1.88 bits per heavy atom. The zero-order valence-electron chi connectivity index (χ0n) is 28.1. The maximum absolute atomic E-state index is 13.3. The molecular formula is C42H40ClN3O3S. The van der Waals surface area contributed by atoms with Gasteiger partial charge in [0.1, 0.15) is 11.4 Å². The molecule has 0 N–H and O–H groups in total. The van der Waals surface area contributed by atoms with E-state index in [2.05, 4.69) is 109 Å². The molecule has 1 aromatic heterocycles. The lowest BCUT2D eigenvalue weighted by Crippen LogP contribution is -2.39. The number of carbonyl (C=O) groups is 1. The number of amides is 1. The van der Waals surface area contributed by atoms with Gasteiger partial charge in [-0.3, -0.25) is 4.79 Å². The molecule has 0 atom stereocenters. The molecule has 7 rings (SSSR count). The number of aryl methyl sites for hydroxylation is 1. The van der Waals surface area contributed by atoms with Crippen LogP contribution in [0.15, 0.2) is 138 Å². The number of aromatic nitrogens is 2. The summed E-state index contributed by atoms with van der Waals surface area (Å²) < 4.78 is 28.8. The van der Waals surface area contributed by atoms with Gasteiger partial charge in [-0.25, -0.2) is 13.4 Å². The SMILES string of the molecule is CCc1nc(C2CCN(C(=O)CCS(=O)(=O)c3ccc4cc(Cl)ccc4c3)CC2)cn1C(c1ccccc1)(c1ccccc1)c1ccccc1. The van der Waals surface area contributed by atoms with Crippen molar-refractivity contribution in [3.8, 4) is 0 Å². The second-order valence-corrected chi connectivity index (χ2v) is 15.5. The highest BCUT2D eigenvalue weighted by Crippen LogP contribution is 2.43.